The van der Waals surface area contributed by atoms with Crippen molar-refractivity contribution in [2.24, 2.45) is 0 Å². The van der Waals surface area contributed by atoms with Crippen molar-refractivity contribution < 1.29 is 19.1 Å². The van der Waals surface area contributed by atoms with Gasteiger partial charge in [-0.15, -0.1) is 0 Å². The van der Waals surface area contributed by atoms with Crippen molar-refractivity contribution in [2.75, 3.05) is 19.6 Å². The van der Waals surface area contributed by atoms with Crippen LogP contribution in [-0.2, 0) is 27.4 Å². The Bertz CT molecular complexity index is 812. The zero-order chi connectivity index (χ0) is 20.4. The van der Waals surface area contributed by atoms with E-state index in [2.05, 4.69) is 22.9 Å². The lowest BCUT2D eigenvalue weighted by Crippen LogP contribution is -2.52. The van der Waals surface area contributed by atoms with Crippen molar-refractivity contribution in [1.29, 1.82) is 0 Å². The summed E-state index contributed by atoms with van der Waals surface area (Å²) in [6.45, 7) is 5.80. The first-order valence-corrected chi connectivity index (χ1v) is 10.3. The van der Waals surface area contributed by atoms with Crippen molar-refractivity contribution in [2.45, 2.75) is 57.5 Å². The first-order valence-electron chi connectivity index (χ1n) is 10.3. The molecule has 0 aliphatic carbocycles. The number of rotatable bonds is 6. The molecule has 0 aromatic heterocycles. The van der Waals surface area contributed by atoms with Gasteiger partial charge >= 0.3 is 0 Å². The molecule has 156 valence electrons. The van der Waals surface area contributed by atoms with E-state index >= 15 is 0 Å². The molecule has 29 heavy (non-hydrogen) atoms. The molecular weight excluding hydrogens is 372 g/mol. The van der Waals surface area contributed by atoms with Crippen LogP contribution in [0.5, 0.6) is 0 Å². The molecule has 0 saturated carbocycles. The minimum Gasteiger partial charge on any atom is -0.373 e. The summed E-state index contributed by atoms with van der Waals surface area (Å²) in [6.07, 6.45) is 2.07. The van der Waals surface area contributed by atoms with Crippen LogP contribution >= 0.6 is 0 Å². The van der Waals surface area contributed by atoms with E-state index in [4.69, 9.17) is 4.74 Å². The number of carbonyl (C=O) groups excluding carboxylic acids is 3. The van der Waals surface area contributed by atoms with Gasteiger partial charge in [0.1, 0.15) is 6.04 Å². The zero-order valence-electron chi connectivity index (χ0n) is 16.7. The van der Waals surface area contributed by atoms with Crippen LogP contribution in [0.15, 0.2) is 18.2 Å². The van der Waals surface area contributed by atoms with Gasteiger partial charge in [0.15, 0.2) is 0 Å². The third-order valence-corrected chi connectivity index (χ3v) is 5.79. The third kappa shape index (κ3) is 4.49. The number of ether oxygens (including phenoxy) is 1. The standard InChI is InChI=1S/C21H28N4O4/c1-13-9-23-11-16(29-13)6-7-22-10-14-2-3-15-12-25(21(28)17(15)8-14)18-4-5-19(26)24-20(18)27/h2-3,8,13,16,18,22-23H,4-7,9-12H2,1H3,(H,24,26,27). The highest BCUT2D eigenvalue weighted by Gasteiger charge is 2.39. The van der Waals surface area contributed by atoms with Crippen LogP contribution in [0.1, 0.15) is 47.7 Å². The Morgan fingerprint density at radius 1 is 1.24 bits per heavy atom. The van der Waals surface area contributed by atoms with Crippen molar-refractivity contribution >= 4 is 17.7 Å². The fraction of sp³-hybridized carbons (Fsp3) is 0.571. The number of nitrogens with zero attached hydrogens (tertiary/aromatic N) is 1. The van der Waals surface area contributed by atoms with Crippen molar-refractivity contribution in [3.63, 3.8) is 0 Å². The molecule has 3 atom stereocenters. The molecule has 3 N–H and O–H groups in total. The van der Waals surface area contributed by atoms with Gasteiger partial charge in [-0.1, -0.05) is 12.1 Å². The summed E-state index contributed by atoms with van der Waals surface area (Å²) in [7, 11) is 0. The van der Waals surface area contributed by atoms with E-state index in [1.165, 1.54) is 0 Å². The zero-order valence-corrected chi connectivity index (χ0v) is 16.7. The van der Waals surface area contributed by atoms with Crippen LogP contribution in [-0.4, -0.2) is 60.5 Å². The van der Waals surface area contributed by atoms with E-state index in [-0.39, 0.29) is 36.4 Å². The fourth-order valence-electron chi connectivity index (χ4n) is 4.25. The predicted molar refractivity (Wildman–Crippen MR) is 106 cm³/mol. The summed E-state index contributed by atoms with van der Waals surface area (Å²) in [6, 6.07) is 5.33. The highest BCUT2D eigenvalue weighted by atomic mass is 16.5. The van der Waals surface area contributed by atoms with E-state index in [1.54, 1.807) is 4.90 Å². The summed E-state index contributed by atoms with van der Waals surface area (Å²) in [5, 5.41) is 9.13. The SMILES string of the molecule is CC1CNCC(CCNCc2ccc3c(c2)C(=O)N(C2CCC(=O)NC2=O)C3)O1. The second-order valence-electron chi connectivity index (χ2n) is 8.08. The van der Waals surface area contributed by atoms with Crippen LogP contribution in [0, 0.1) is 0 Å². The molecule has 2 saturated heterocycles. The second kappa shape index (κ2) is 8.61. The lowest BCUT2D eigenvalue weighted by atomic mass is 10.0. The normalized spacial score (nSPS) is 27.1. The highest BCUT2D eigenvalue weighted by molar-refractivity contribution is 6.05. The minimum absolute atomic E-state index is 0.132. The van der Waals surface area contributed by atoms with Gasteiger partial charge in [-0.05, 0) is 43.5 Å². The number of amides is 3. The molecule has 1 aromatic carbocycles. The van der Waals surface area contributed by atoms with E-state index < -0.39 is 6.04 Å². The molecule has 3 heterocycles. The van der Waals surface area contributed by atoms with E-state index in [0.717, 1.165) is 37.2 Å². The molecule has 8 nitrogen and oxygen atoms in total. The average Bonchev–Trinajstić information content (AvgIpc) is 3.01. The summed E-state index contributed by atoms with van der Waals surface area (Å²) < 4.78 is 5.89. The average molecular weight is 400 g/mol. The van der Waals surface area contributed by atoms with Gasteiger partial charge < -0.3 is 20.3 Å². The highest BCUT2D eigenvalue weighted by Crippen LogP contribution is 2.28. The van der Waals surface area contributed by atoms with Gasteiger partial charge in [-0.2, -0.15) is 0 Å². The van der Waals surface area contributed by atoms with Crippen LogP contribution < -0.4 is 16.0 Å². The molecule has 3 aliphatic rings. The van der Waals surface area contributed by atoms with Gasteiger partial charge in [0.2, 0.25) is 11.8 Å². The molecule has 2 fully saturated rings. The van der Waals surface area contributed by atoms with Crippen LogP contribution in [0.2, 0.25) is 0 Å². The van der Waals surface area contributed by atoms with Crippen LogP contribution in [0.25, 0.3) is 0 Å². The summed E-state index contributed by atoms with van der Waals surface area (Å²) in [5.41, 5.74) is 2.63. The number of fused-ring (bicyclic) bond motifs is 1. The molecule has 4 rings (SSSR count). The Morgan fingerprint density at radius 3 is 2.90 bits per heavy atom. The fourth-order valence-corrected chi connectivity index (χ4v) is 4.25. The van der Waals surface area contributed by atoms with E-state index in [1.807, 2.05) is 18.2 Å². The molecule has 3 unspecified atom stereocenters. The van der Waals surface area contributed by atoms with Crippen molar-refractivity contribution in [1.82, 2.24) is 20.9 Å². The lowest BCUT2D eigenvalue weighted by molar-refractivity contribution is -0.136. The number of nitrogens with one attached hydrogen (secondary N) is 3. The number of imide groups is 1. The van der Waals surface area contributed by atoms with Crippen molar-refractivity contribution in [3.8, 4) is 0 Å². The topological polar surface area (TPSA) is 99.8 Å². The smallest absolute Gasteiger partial charge is 0.255 e. The molecular formula is C21H28N4O4. The maximum absolute atomic E-state index is 12.9. The predicted octanol–water partition coefficient (Wildman–Crippen LogP) is 0.304. The Balaban J connectivity index is 1.31. The Kier molecular flexibility index (Phi) is 5.94. The van der Waals surface area contributed by atoms with Crippen molar-refractivity contribution in [3.05, 3.63) is 34.9 Å². The second-order valence-corrected chi connectivity index (χ2v) is 8.08. The Hall–Kier alpha value is -2.29. The van der Waals surface area contributed by atoms with Gasteiger partial charge in [-0.3, -0.25) is 19.7 Å². The van der Waals surface area contributed by atoms with Gasteiger partial charge in [0.25, 0.3) is 5.91 Å². The number of hydrogen-bond donors (Lipinski definition) is 3. The monoisotopic (exact) mass is 400 g/mol. The van der Waals surface area contributed by atoms with Gasteiger partial charge in [0.05, 0.1) is 12.2 Å². The number of benzene rings is 1. The molecule has 3 amide bonds. The Labute approximate surface area is 170 Å². The first kappa shape index (κ1) is 20.0. The molecule has 1 aromatic rings. The molecule has 0 bridgehead atoms. The number of carbonyl (C=O) groups is 3. The number of hydrogen-bond acceptors (Lipinski definition) is 6. The molecule has 3 aliphatic heterocycles. The Morgan fingerprint density at radius 2 is 2.10 bits per heavy atom. The summed E-state index contributed by atoms with van der Waals surface area (Å²) in [5.74, 6) is -0.780. The first-order chi connectivity index (χ1) is 14.0. The molecule has 0 spiro atoms. The summed E-state index contributed by atoms with van der Waals surface area (Å²) in [4.78, 5) is 37.9. The maximum atomic E-state index is 12.9. The van der Waals surface area contributed by atoms with Crippen LogP contribution in [0.3, 0.4) is 0 Å². The molecule has 0 radical (unpaired) electrons. The lowest BCUT2D eigenvalue weighted by Gasteiger charge is -2.29. The van der Waals surface area contributed by atoms with E-state index in [9.17, 15) is 14.4 Å². The van der Waals surface area contributed by atoms with Crippen LogP contribution in [0.4, 0.5) is 0 Å². The number of piperidine rings is 1. The number of morpholine rings is 1. The minimum atomic E-state index is -0.569. The van der Waals surface area contributed by atoms with Gasteiger partial charge in [-0.25, -0.2) is 0 Å². The van der Waals surface area contributed by atoms with E-state index in [0.29, 0.717) is 25.1 Å². The maximum Gasteiger partial charge on any atom is 0.255 e. The summed E-state index contributed by atoms with van der Waals surface area (Å²) >= 11 is 0. The third-order valence-electron chi connectivity index (χ3n) is 5.79. The molecule has 8 heteroatoms. The van der Waals surface area contributed by atoms with Gasteiger partial charge in [0, 0.05) is 38.2 Å². The largest absolute Gasteiger partial charge is 0.373 e. The quantitative estimate of drug-likeness (QED) is 0.469.